The number of rotatable bonds is 4. The van der Waals surface area contributed by atoms with E-state index in [1.54, 1.807) is 0 Å². The van der Waals surface area contributed by atoms with Crippen LogP contribution in [0.5, 0.6) is 0 Å². The van der Waals surface area contributed by atoms with E-state index in [0.717, 1.165) is 30.8 Å². The minimum atomic E-state index is 0.294. The molecule has 1 aliphatic rings. The molecule has 6 nitrogen and oxygen atoms in total. The van der Waals surface area contributed by atoms with Crippen molar-refractivity contribution in [1.82, 2.24) is 9.97 Å². The van der Waals surface area contributed by atoms with E-state index in [-0.39, 0.29) is 0 Å². The quantitative estimate of drug-likeness (QED) is 0.569. The third-order valence-electron chi connectivity index (χ3n) is 3.42. The van der Waals surface area contributed by atoms with Gasteiger partial charge in [-0.3, -0.25) is 0 Å². The first-order chi connectivity index (χ1) is 9.11. The summed E-state index contributed by atoms with van der Waals surface area (Å²) in [4.78, 5) is 8.54. The van der Waals surface area contributed by atoms with Gasteiger partial charge in [0.2, 0.25) is 0 Å². The summed E-state index contributed by atoms with van der Waals surface area (Å²) in [6, 6.07) is 0.391. The van der Waals surface area contributed by atoms with E-state index in [2.05, 4.69) is 41.5 Å². The molecule has 2 atom stereocenters. The molecular weight excluding hydrogens is 242 g/mol. The lowest BCUT2D eigenvalue weighted by molar-refractivity contribution is 0.0231. The van der Waals surface area contributed by atoms with Gasteiger partial charge in [-0.05, 0) is 25.7 Å². The highest BCUT2D eigenvalue weighted by molar-refractivity contribution is 5.58. The Morgan fingerprint density at radius 1 is 1.37 bits per heavy atom. The first-order valence-electron chi connectivity index (χ1n) is 6.81. The topological polar surface area (TPSA) is 85.1 Å². The number of nitrogens with two attached hydrogens (primary N) is 1. The Balaban J connectivity index is 2.19. The van der Waals surface area contributed by atoms with Gasteiger partial charge in [0.05, 0.1) is 6.10 Å². The molecular formula is C13H23N5O. The molecule has 0 radical (unpaired) electrons. The van der Waals surface area contributed by atoms with Gasteiger partial charge in [0.15, 0.2) is 0 Å². The Hall–Kier alpha value is -1.40. The van der Waals surface area contributed by atoms with Crippen molar-refractivity contribution in [3.05, 3.63) is 11.9 Å². The van der Waals surface area contributed by atoms with Gasteiger partial charge < -0.3 is 15.5 Å². The van der Waals surface area contributed by atoms with Gasteiger partial charge in [0.1, 0.15) is 18.0 Å². The lowest BCUT2D eigenvalue weighted by Gasteiger charge is -2.29. The van der Waals surface area contributed by atoms with Crippen molar-refractivity contribution >= 4 is 11.6 Å². The number of hydrazine groups is 1. The molecule has 0 aromatic carbocycles. The van der Waals surface area contributed by atoms with Gasteiger partial charge in [-0.1, -0.05) is 13.8 Å². The van der Waals surface area contributed by atoms with E-state index in [1.807, 2.05) is 0 Å². The predicted molar refractivity (Wildman–Crippen MR) is 76.0 cm³/mol. The van der Waals surface area contributed by atoms with Gasteiger partial charge in [-0.2, -0.15) is 0 Å². The van der Waals surface area contributed by atoms with Crippen molar-refractivity contribution in [3.63, 3.8) is 0 Å². The summed E-state index contributed by atoms with van der Waals surface area (Å²) in [7, 11) is 0. The Morgan fingerprint density at radius 3 is 2.74 bits per heavy atom. The molecule has 0 aliphatic carbocycles. The van der Waals surface area contributed by atoms with Crippen LogP contribution in [0.4, 0.5) is 11.6 Å². The fourth-order valence-electron chi connectivity index (χ4n) is 2.49. The molecule has 0 bridgehead atoms. The highest BCUT2D eigenvalue weighted by Crippen LogP contribution is 2.29. The first-order valence-corrected chi connectivity index (χ1v) is 6.81. The Kier molecular flexibility index (Phi) is 4.55. The zero-order chi connectivity index (χ0) is 13.8. The van der Waals surface area contributed by atoms with Crippen molar-refractivity contribution in [2.45, 2.75) is 51.7 Å². The van der Waals surface area contributed by atoms with Crippen LogP contribution in [0.2, 0.25) is 0 Å². The van der Waals surface area contributed by atoms with Crippen LogP contribution in [0.25, 0.3) is 0 Å². The van der Waals surface area contributed by atoms with E-state index >= 15 is 0 Å². The number of hydrogen-bond donors (Lipinski definition) is 3. The van der Waals surface area contributed by atoms with Crippen LogP contribution < -0.4 is 16.6 Å². The van der Waals surface area contributed by atoms with Crippen LogP contribution in [-0.2, 0) is 4.74 Å². The zero-order valence-electron chi connectivity index (χ0n) is 11.8. The van der Waals surface area contributed by atoms with Gasteiger partial charge >= 0.3 is 0 Å². The molecule has 6 heteroatoms. The summed E-state index contributed by atoms with van der Waals surface area (Å²) in [5.41, 5.74) is 3.68. The average molecular weight is 265 g/mol. The lowest BCUT2D eigenvalue weighted by Crippen LogP contribution is -2.33. The van der Waals surface area contributed by atoms with Gasteiger partial charge in [0.25, 0.3) is 0 Å². The molecule has 0 spiro atoms. The minimum absolute atomic E-state index is 0.294. The maximum atomic E-state index is 5.56. The lowest BCUT2D eigenvalue weighted by atomic mass is 10.0. The third-order valence-corrected chi connectivity index (χ3v) is 3.42. The van der Waals surface area contributed by atoms with Gasteiger partial charge in [-0.25, -0.2) is 15.8 Å². The van der Waals surface area contributed by atoms with Gasteiger partial charge in [0, 0.05) is 18.2 Å². The largest absolute Gasteiger partial charge is 0.378 e. The molecule has 1 aromatic heterocycles. The normalized spacial score (nSPS) is 23.4. The van der Waals surface area contributed by atoms with E-state index in [1.165, 1.54) is 6.33 Å². The molecule has 1 fully saturated rings. The van der Waals surface area contributed by atoms with Crippen LogP contribution >= 0.6 is 0 Å². The number of aromatic nitrogens is 2. The van der Waals surface area contributed by atoms with Crippen molar-refractivity contribution in [2.75, 3.05) is 17.3 Å². The maximum absolute atomic E-state index is 5.56. The van der Waals surface area contributed by atoms with E-state index in [0.29, 0.717) is 23.9 Å². The fourth-order valence-corrected chi connectivity index (χ4v) is 2.49. The van der Waals surface area contributed by atoms with E-state index < -0.39 is 0 Å². The highest BCUT2D eigenvalue weighted by atomic mass is 16.5. The SMILES string of the molecule is CC1CC(Nc2ncnc(NN)c2C(C)C)CCO1. The number of nitrogen functional groups attached to an aromatic ring is 1. The molecule has 4 N–H and O–H groups in total. The molecule has 1 saturated heterocycles. The Morgan fingerprint density at radius 2 is 2.11 bits per heavy atom. The first kappa shape index (κ1) is 14.0. The second kappa shape index (κ2) is 6.16. The number of nitrogens with zero attached hydrogens (tertiary/aromatic N) is 2. The summed E-state index contributed by atoms with van der Waals surface area (Å²) in [6.07, 6.45) is 3.82. The molecule has 2 unspecified atom stereocenters. The van der Waals surface area contributed by atoms with Crippen LogP contribution in [0.3, 0.4) is 0 Å². The van der Waals surface area contributed by atoms with Gasteiger partial charge in [-0.15, -0.1) is 0 Å². The standard InChI is InChI=1S/C13H23N5O/c1-8(2)11-12(15-7-16-13(11)18-14)17-10-4-5-19-9(3)6-10/h7-10H,4-6,14H2,1-3H3,(H2,15,16,17,18). The van der Waals surface area contributed by atoms with Crippen molar-refractivity contribution in [3.8, 4) is 0 Å². The molecule has 0 amide bonds. The molecule has 2 rings (SSSR count). The Labute approximate surface area is 114 Å². The van der Waals surface area contributed by atoms with E-state index in [9.17, 15) is 0 Å². The molecule has 1 aliphatic heterocycles. The van der Waals surface area contributed by atoms with Crippen molar-refractivity contribution < 1.29 is 4.74 Å². The predicted octanol–water partition coefficient (Wildman–Crippen LogP) is 1.86. The van der Waals surface area contributed by atoms with Crippen LogP contribution in [0, 0.1) is 0 Å². The van der Waals surface area contributed by atoms with Crippen molar-refractivity contribution in [2.24, 2.45) is 5.84 Å². The second-order valence-electron chi connectivity index (χ2n) is 5.33. The average Bonchev–Trinajstić information content (AvgIpc) is 2.38. The smallest absolute Gasteiger partial charge is 0.148 e. The maximum Gasteiger partial charge on any atom is 0.148 e. The summed E-state index contributed by atoms with van der Waals surface area (Å²) in [5, 5.41) is 3.51. The fraction of sp³-hybridized carbons (Fsp3) is 0.692. The number of hydrogen-bond acceptors (Lipinski definition) is 6. The summed E-state index contributed by atoms with van der Waals surface area (Å²) < 4.78 is 5.56. The Bertz CT molecular complexity index is 423. The van der Waals surface area contributed by atoms with Crippen LogP contribution in [-0.4, -0.2) is 28.7 Å². The molecule has 19 heavy (non-hydrogen) atoms. The van der Waals surface area contributed by atoms with Crippen LogP contribution in [0.15, 0.2) is 6.33 Å². The highest BCUT2D eigenvalue weighted by Gasteiger charge is 2.22. The minimum Gasteiger partial charge on any atom is -0.378 e. The molecule has 106 valence electrons. The molecule has 2 heterocycles. The summed E-state index contributed by atoms with van der Waals surface area (Å²) >= 11 is 0. The number of ether oxygens (including phenoxy) is 1. The second-order valence-corrected chi connectivity index (χ2v) is 5.33. The monoisotopic (exact) mass is 265 g/mol. The van der Waals surface area contributed by atoms with Crippen molar-refractivity contribution in [1.29, 1.82) is 0 Å². The number of anilines is 2. The summed E-state index contributed by atoms with van der Waals surface area (Å²) in [6.45, 7) is 7.11. The molecule has 0 saturated carbocycles. The zero-order valence-corrected chi connectivity index (χ0v) is 11.8. The molecule has 1 aromatic rings. The number of nitrogens with one attached hydrogen (secondary N) is 2. The third kappa shape index (κ3) is 3.33. The summed E-state index contributed by atoms with van der Waals surface area (Å²) in [5.74, 6) is 7.38. The van der Waals surface area contributed by atoms with Crippen LogP contribution in [0.1, 0.15) is 45.1 Å². The van der Waals surface area contributed by atoms with E-state index in [4.69, 9.17) is 10.6 Å².